The van der Waals surface area contributed by atoms with Crippen LogP contribution in [-0.4, -0.2) is 4.98 Å². The Morgan fingerprint density at radius 2 is 1.06 bits per heavy atom. The van der Waals surface area contributed by atoms with Gasteiger partial charge < -0.3 is 13.7 Å². The Morgan fingerprint density at radius 1 is 0.392 bits per heavy atom. The summed E-state index contributed by atoms with van der Waals surface area (Å²) >= 11 is 0. The monoisotopic (exact) mass is 654 g/mol. The van der Waals surface area contributed by atoms with Crippen LogP contribution in [0.1, 0.15) is 0 Å². The van der Waals surface area contributed by atoms with E-state index >= 15 is 0 Å². The maximum absolute atomic E-state index is 6.46. The molecule has 0 atom stereocenters. The van der Waals surface area contributed by atoms with Gasteiger partial charge in [-0.15, -0.1) is 0 Å². The molecule has 4 nitrogen and oxygen atoms in total. The number of aromatic nitrogens is 1. The van der Waals surface area contributed by atoms with Gasteiger partial charge in [-0.05, 0) is 88.1 Å². The molecule has 0 saturated carbocycles. The molecule has 10 rings (SSSR count). The lowest BCUT2D eigenvalue weighted by Gasteiger charge is -2.25. The first-order chi connectivity index (χ1) is 25.3. The average molecular weight is 655 g/mol. The molecule has 4 heteroatoms. The fraction of sp³-hybridized carbons (Fsp3) is 0. The van der Waals surface area contributed by atoms with E-state index in [-0.39, 0.29) is 0 Å². The molecule has 10 aromatic rings. The van der Waals surface area contributed by atoms with Crippen LogP contribution in [0.3, 0.4) is 0 Å². The molecule has 2 heterocycles. The quantitative estimate of drug-likeness (QED) is 0.179. The fourth-order valence-electron chi connectivity index (χ4n) is 7.23. The maximum Gasteiger partial charge on any atom is 0.227 e. The number of oxazole rings is 1. The van der Waals surface area contributed by atoms with Crippen LogP contribution in [0, 0.1) is 0 Å². The summed E-state index contributed by atoms with van der Waals surface area (Å²) in [7, 11) is 0. The molecule has 240 valence electrons. The zero-order valence-corrected chi connectivity index (χ0v) is 27.5. The minimum absolute atomic E-state index is 0.609. The smallest absolute Gasteiger partial charge is 0.227 e. The highest BCUT2D eigenvalue weighted by atomic mass is 16.3. The van der Waals surface area contributed by atoms with Crippen molar-refractivity contribution in [2.75, 3.05) is 4.90 Å². The number of hydrogen-bond acceptors (Lipinski definition) is 4. The van der Waals surface area contributed by atoms with Crippen molar-refractivity contribution in [2.24, 2.45) is 0 Å². The van der Waals surface area contributed by atoms with Gasteiger partial charge in [-0.2, -0.15) is 0 Å². The van der Waals surface area contributed by atoms with Crippen molar-refractivity contribution in [3.05, 3.63) is 182 Å². The first kappa shape index (κ1) is 29.0. The van der Waals surface area contributed by atoms with Gasteiger partial charge in [-0.1, -0.05) is 115 Å². The third-order valence-corrected chi connectivity index (χ3v) is 9.71. The normalized spacial score (nSPS) is 11.5. The third kappa shape index (κ3) is 5.04. The second kappa shape index (κ2) is 11.9. The summed E-state index contributed by atoms with van der Waals surface area (Å²) in [5.74, 6) is 0.609. The summed E-state index contributed by atoms with van der Waals surface area (Å²) in [6.07, 6.45) is 0. The molecule has 0 bridgehead atoms. The van der Waals surface area contributed by atoms with E-state index in [4.69, 9.17) is 13.8 Å². The summed E-state index contributed by atoms with van der Waals surface area (Å²) in [5.41, 5.74) is 11.9. The standard InChI is InChI=1S/C47H30N2O2/c1-3-10-31(11-4-1)32-18-20-35(21-19-32)47-48-46-40(16-9-17-43(46)51-47)34-22-25-37(26-23-34)49(36-13-5-2-6-14-36)38-27-28-41-44(30-38)50-42-29-24-33-12-7-8-15-39(33)45(41)42/h1-30H. The van der Waals surface area contributed by atoms with Gasteiger partial charge in [0.2, 0.25) is 5.89 Å². The van der Waals surface area contributed by atoms with Crippen LogP contribution in [0.25, 0.3) is 77.5 Å². The van der Waals surface area contributed by atoms with Gasteiger partial charge in [-0.25, -0.2) is 4.98 Å². The van der Waals surface area contributed by atoms with Crippen LogP contribution in [0.5, 0.6) is 0 Å². The Morgan fingerprint density at radius 3 is 1.88 bits per heavy atom. The van der Waals surface area contributed by atoms with E-state index in [1.54, 1.807) is 0 Å². The third-order valence-electron chi connectivity index (χ3n) is 9.71. The Labute approximate surface area is 294 Å². The van der Waals surface area contributed by atoms with Gasteiger partial charge >= 0.3 is 0 Å². The molecule has 0 radical (unpaired) electrons. The summed E-state index contributed by atoms with van der Waals surface area (Å²) in [5, 5.41) is 4.67. The number of anilines is 3. The van der Waals surface area contributed by atoms with Crippen molar-refractivity contribution in [3.8, 4) is 33.7 Å². The summed E-state index contributed by atoms with van der Waals surface area (Å²) in [6, 6.07) is 63.2. The van der Waals surface area contributed by atoms with Crippen molar-refractivity contribution >= 4 is 60.9 Å². The fourth-order valence-corrected chi connectivity index (χ4v) is 7.23. The van der Waals surface area contributed by atoms with Gasteiger partial charge in [0, 0.05) is 45.0 Å². The maximum atomic E-state index is 6.46. The number of furan rings is 1. The molecule has 0 aliphatic heterocycles. The first-order valence-corrected chi connectivity index (χ1v) is 17.1. The van der Waals surface area contributed by atoms with Crippen LogP contribution in [-0.2, 0) is 0 Å². The lowest BCUT2D eigenvalue weighted by molar-refractivity contribution is 0.620. The number of nitrogens with zero attached hydrogens (tertiary/aromatic N) is 2. The average Bonchev–Trinajstić information content (AvgIpc) is 3.81. The minimum atomic E-state index is 0.609. The predicted octanol–water partition coefficient (Wildman–Crippen LogP) is 13.4. The van der Waals surface area contributed by atoms with E-state index < -0.39 is 0 Å². The molecule has 0 N–H and O–H groups in total. The number of hydrogen-bond donors (Lipinski definition) is 0. The van der Waals surface area contributed by atoms with Crippen LogP contribution in [0.2, 0.25) is 0 Å². The highest BCUT2D eigenvalue weighted by Gasteiger charge is 2.18. The van der Waals surface area contributed by atoms with Crippen LogP contribution < -0.4 is 4.90 Å². The lowest BCUT2D eigenvalue weighted by Crippen LogP contribution is -2.09. The zero-order chi connectivity index (χ0) is 33.7. The molecular weight excluding hydrogens is 625 g/mol. The van der Waals surface area contributed by atoms with Gasteiger partial charge in [-0.3, -0.25) is 0 Å². The Hall–Kier alpha value is -6.91. The van der Waals surface area contributed by atoms with E-state index in [1.807, 2.05) is 24.3 Å². The Kier molecular flexibility index (Phi) is 6.78. The topological polar surface area (TPSA) is 42.4 Å². The van der Waals surface area contributed by atoms with Gasteiger partial charge in [0.25, 0.3) is 0 Å². The largest absolute Gasteiger partial charge is 0.456 e. The summed E-state index contributed by atoms with van der Waals surface area (Å²) < 4.78 is 12.8. The lowest BCUT2D eigenvalue weighted by atomic mass is 10.0. The van der Waals surface area contributed by atoms with E-state index in [0.29, 0.717) is 5.89 Å². The van der Waals surface area contributed by atoms with Crippen molar-refractivity contribution in [2.45, 2.75) is 0 Å². The van der Waals surface area contributed by atoms with E-state index in [2.05, 4.69) is 163 Å². The Balaban J connectivity index is 1.01. The molecule has 2 aromatic heterocycles. The summed E-state index contributed by atoms with van der Waals surface area (Å²) in [6.45, 7) is 0. The molecule has 0 amide bonds. The predicted molar refractivity (Wildman–Crippen MR) is 210 cm³/mol. The van der Waals surface area contributed by atoms with Crippen LogP contribution >= 0.6 is 0 Å². The van der Waals surface area contributed by atoms with E-state index in [9.17, 15) is 0 Å². The molecule has 0 aliphatic carbocycles. The number of fused-ring (bicyclic) bond motifs is 6. The van der Waals surface area contributed by atoms with E-state index in [0.717, 1.165) is 72.4 Å². The second-order valence-electron chi connectivity index (χ2n) is 12.8. The van der Waals surface area contributed by atoms with Crippen molar-refractivity contribution < 1.29 is 8.83 Å². The molecule has 0 spiro atoms. The molecule has 51 heavy (non-hydrogen) atoms. The van der Waals surface area contributed by atoms with Crippen molar-refractivity contribution in [1.29, 1.82) is 0 Å². The first-order valence-electron chi connectivity index (χ1n) is 17.1. The van der Waals surface area contributed by atoms with Crippen LogP contribution in [0.4, 0.5) is 17.1 Å². The highest BCUT2D eigenvalue weighted by Crippen LogP contribution is 2.41. The van der Waals surface area contributed by atoms with Gasteiger partial charge in [0.15, 0.2) is 5.58 Å². The van der Waals surface area contributed by atoms with Gasteiger partial charge in [0.05, 0.1) is 0 Å². The number of benzene rings is 8. The summed E-state index contributed by atoms with van der Waals surface area (Å²) in [4.78, 5) is 7.26. The minimum Gasteiger partial charge on any atom is -0.456 e. The zero-order valence-electron chi connectivity index (χ0n) is 27.5. The highest BCUT2D eigenvalue weighted by molar-refractivity contribution is 6.19. The molecule has 0 saturated heterocycles. The van der Waals surface area contributed by atoms with E-state index in [1.165, 1.54) is 16.3 Å². The SMILES string of the molecule is c1ccc(-c2ccc(-c3nc4c(-c5ccc(N(c6ccccc6)c6ccc7c(c6)oc6ccc8ccccc8c67)cc5)cccc4o3)cc2)cc1. The van der Waals surface area contributed by atoms with Gasteiger partial charge in [0.1, 0.15) is 16.7 Å². The number of para-hydroxylation sites is 2. The molecule has 0 aliphatic rings. The van der Waals surface area contributed by atoms with Crippen molar-refractivity contribution in [1.82, 2.24) is 4.98 Å². The molecular formula is C47H30N2O2. The second-order valence-corrected chi connectivity index (χ2v) is 12.8. The molecule has 0 unspecified atom stereocenters. The number of rotatable bonds is 6. The van der Waals surface area contributed by atoms with Crippen molar-refractivity contribution in [3.63, 3.8) is 0 Å². The Bertz CT molecular complexity index is 2840. The molecule has 0 fully saturated rings. The molecule has 8 aromatic carbocycles. The van der Waals surface area contributed by atoms with Crippen LogP contribution in [0.15, 0.2) is 191 Å².